The zero-order chi connectivity index (χ0) is 19.5. The molecule has 0 atom stereocenters. The monoisotopic (exact) mass is 385 g/mol. The van der Waals surface area contributed by atoms with Gasteiger partial charge in [-0.1, -0.05) is 24.3 Å². The van der Waals surface area contributed by atoms with Gasteiger partial charge >= 0.3 is 0 Å². The summed E-state index contributed by atoms with van der Waals surface area (Å²) in [6.45, 7) is 3.70. The van der Waals surface area contributed by atoms with E-state index in [1.54, 1.807) is 6.07 Å². The number of para-hydroxylation sites is 1. The summed E-state index contributed by atoms with van der Waals surface area (Å²) < 4.78 is 7.47. The topological polar surface area (TPSA) is 67.5 Å². The predicted molar refractivity (Wildman–Crippen MR) is 115 cm³/mol. The Bertz CT molecular complexity index is 1480. The zero-order valence-corrected chi connectivity index (χ0v) is 15.8. The van der Waals surface area contributed by atoms with Crippen LogP contribution in [0.1, 0.15) is 0 Å². The average Bonchev–Trinajstić information content (AvgIpc) is 2.77. The fourth-order valence-electron chi connectivity index (χ4n) is 4.59. The molecule has 0 aliphatic carbocycles. The van der Waals surface area contributed by atoms with Crippen molar-refractivity contribution in [3.8, 4) is 0 Å². The Balaban J connectivity index is 1.70. The van der Waals surface area contributed by atoms with Gasteiger partial charge in [0.1, 0.15) is 11.2 Å². The van der Waals surface area contributed by atoms with Crippen molar-refractivity contribution in [2.45, 2.75) is 6.67 Å². The summed E-state index contributed by atoms with van der Waals surface area (Å²) >= 11 is 0. The SMILES string of the molecule is O=c1c2ccc3oc4ccccc4c4ccc(c(=O)n1CN1CCNCC1)c2c34. The van der Waals surface area contributed by atoms with Gasteiger partial charge in [0, 0.05) is 53.1 Å². The molecule has 6 rings (SSSR count). The molecule has 0 bridgehead atoms. The Morgan fingerprint density at radius 3 is 2.24 bits per heavy atom. The molecule has 1 N–H and O–H groups in total. The van der Waals surface area contributed by atoms with E-state index >= 15 is 0 Å². The fourth-order valence-corrected chi connectivity index (χ4v) is 4.59. The van der Waals surface area contributed by atoms with Crippen LogP contribution in [0.25, 0.3) is 43.5 Å². The van der Waals surface area contributed by atoms with Crippen molar-refractivity contribution in [3.05, 3.63) is 69.2 Å². The Morgan fingerprint density at radius 2 is 1.45 bits per heavy atom. The first-order chi connectivity index (χ1) is 14.2. The lowest BCUT2D eigenvalue weighted by molar-refractivity contribution is 0.189. The van der Waals surface area contributed by atoms with E-state index in [2.05, 4.69) is 10.2 Å². The number of benzene rings is 3. The highest BCUT2D eigenvalue weighted by Gasteiger charge is 2.20. The summed E-state index contributed by atoms with van der Waals surface area (Å²) in [7, 11) is 0. The smallest absolute Gasteiger partial charge is 0.262 e. The molecule has 3 heterocycles. The number of fused-ring (bicyclic) bond motifs is 2. The number of nitrogens with one attached hydrogen (secondary N) is 1. The van der Waals surface area contributed by atoms with Crippen LogP contribution >= 0.6 is 0 Å². The summed E-state index contributed by atoms with van der Waals surface area (Å²) in [5, 5.41) is 7.97. The van der Waals surface area contributed by atoms with Crippen LogP contribution in [0.4, 0.5) is 0 Å². The number of piperazine rings is 1. The van der Waals surface area contributed by atoms with Crippen LogP contribution in [-0.2, 0) is 6.67 Å². The highest BCUT2D eigenvalue weighted by Crippen LogP contribution is 2.36. The number of aromatic nitrogens is 1. The first kappa shape index (κ1) is 16.7. The van der Waals surface area contributed by atoms with Crippen LogP contribution in [0.15, 0.2) is 62.5 Å². The predicted octanol–water partition coefficient (Wildman–Crippen LogP) is 2.71. The van der Waals surface area contributed by atoms with Crippen LogP contribution in [0, 0.1) is 0 Å². The minimum atomic E-state index is -0.233. The summed E-state index contributed by atoms with van der Waals surface area (Å²) in [5.41, 5.74) is 1.01. The molecule has 6 nitrogen and oxygen atoms in total. The van der Waals surface area contributed by atoms with Crippen molar-refractivity contribution in [1.82, 2.24) is 14.8 Å². The Hall–Kier alpha value is -3.22. The van der Waals surface area contributed by atoms with Crippen molar-refractivity contribution in [1.29, 1.82) is 0 Å². The molecule has 0 amide bonds. The molecule has 6 heteroatoms. The Kier molecular flexibility index (Phi) is 3.54. The second-order valence-corrected chi connectivity index (χ2v) is 7.67. The third-order valence-corrected chi connectivity index (χ3v) is 6.02. The first-order valence-electron chi connectivity index (χ1n) is 9.88. The highest BCUT2D eigenvalue weighted by molar-refractivity contribution is 6.26. The molecule has 144 valence electrons. The molecule has 1 aliphatic rings. The maximum atomic E-state index is 13.3. The number of pyridine rings is 1. The molecule has 0 spiro atoms. The van der Waals surface area contributed by atoms with E-state index in [0.717, 1.165) is 47.9 Å². The maximum Gasteiger partial charge on any atom is 0.262 e. The minimum absolute atomic E-state index is 0.233. The van der Waals surface area contributed by atoms with Gasteiger partial charge in [-0.3, -0.25) is 19.1 Å². The molecule has 3 aromatic carbocycles. The third kappa shape index (κ3) is 2.36. The summed E-state index contributed by atoms with van der Waals surface area (Å²) in [6.07, 6.45) is 0. The van der Waals surface area contributed by atoms with Crippen LogP contribution < -0.4 is 16.4 Å². The van der Waals surface area contributed by atoms with Crippen LogP contribution in [0.3, 0.4) is 0 Å². The molecular formula is C23H19N3O3. The van der Waals surface area contributed by atoms with Gasteiger partial charge < -0.3 is 9.73 Å². The third-order valence-electron chi connectivity index (χ3n) is 6.02. The van der Waals surface area contributed by atoms with Gasteiger partial charge in [-0.15, -0.1) is 0 Å². The van der Waals surface area contributed by atoms with E-state index in [-0.39, 0.29) is 11.1 Å². The number of hydrogen-bond acceptors (Lipinski definition) is 5. The zero-order valence-electron chi connectivity index (χ0n) is 15.8. The van der Waals surface area contributed by atoms with Crippen LogP contribution in [-0.4, -0.2) is 35.6 Å². The van der Waals surface area contributed by atoms with Crippen molar-refractivity contribution >= 4 is 43.5 Å². The van der Waals surface area contributed by atoms with E-state index in [9.17, 15) is 9.59 Å². The lowest BCUT2D eigenvalue weighted by Gasteiger charge is -2.27. The van der Waals surface area contributed by atoms with Gasteiger partial charge in [-0.25, -0.2) is 0 Å². The Morgan fingerprint density at radius 1 is 0.759 bits per heavy atom. The molecule has 1 saturated heterocycles. The van der Waals surface area contributed by atoms with E-state index in [1.165, 1.54) is 4.57 Å². The summed E-state index contributed by atoms with van der Waals surface area (Å²) in [4.78, 5) is 28.7. The maximum absolute atomic E-state index is 13.3. The minimum Gasteiger partial charge on any atom is -0.456 e. The molecule has 1 fully saturated rings. The van der Waals surface area contributed by atoms with Crippen molar-refractivity contribution in [3.63, 3.8) is 0 Å². The van der Waals surface area contributed by atoms with E-state index < -0.39 is 0 Å². The molecule has 29 heavy (non-hydrogen) atoms. The molecule has 1 aliphatic heterocycles. The van der Waals surface area contributed by atoms with E-state index in [4.69, 9.17) is 4.42 Å². The Labute approximate surface area is 165 Å². The van der Waals surface area contributed by atoms with Crippen LogP contribution in [0.2, 0.25) is 0 Å². The van der Waals surface area contributed by atoms with Crippen LogP contribution in [0.5, 0.6) is 0 Å². The molecule has 0 saturated carbocycles. The van der Waals surface area contributed by atoms with Gasteiger partial charge in [0.25, 0.3) is 11.1 Å². The van der Waals surface area contributed by atoms with Gasteiger partial charge in [0.05, 0.1) is 6.67 Å². The number of rotatable bonds is 2. The van der Waals surface area contributed by atoms with Gasteiger partial charge in [0.15, 0.2) is 0 Å². The first-order valence-corrected chi connectivity index (χ1v) is 9.88. The highest BCUT2D eigenvalue weighted by atomic mass is 16.3. The largest absolute Gasteiger partial charge is 0.456 e. The molecule has 2 aromatic heterocycles. The second kappa shape index (κ2) is 6.14. The number of nitrogens with zero attached hydrogens (tertiary/aromatic N) is 2. The standard InChI is InChI=1S/C23H19N3O3/c27-22-16-6-5-15-14-3-1-2-4-18(14)29-19-8-7-17(20(16)21(15)19)23(28)26(22)13-25-11-9-24-10-12-25/h1-8,24H,9-13H2. The molecular weight excluding hydrogens is 366 g/mol. The van der Waals surface area contributed by atoms with Crippen molar-refractivity contribution in [2.24, 2.45) is 0 Å². The molecule has 0 radical (unpaired) electrons. The fraction of sp³-hybridized carbons (Fsp3) is 0.217. The van der Waals surface area contributed by atoms with E-state index in [0.29, 0.717) is 28.4 Å². The van der Waals surface area contributed by atoms with E-state index in [1.807, 2.05) is 42.5 Å². The molecule has 5 aromatic rings. The normalized spacial score (nSPS) is 15.9. The van der Waals surface area contributed by atoms with Gasteiger partial charge in [-0.2, -0.15) is 0 Å². The average molecular weight is 385 g/mol. The van der Waals surface area contributed by atoms with Gasteiger partial charge in [0.2, 0.25) is 0 Å². The lowest BCUT2D eigenvalue weighted by atomic mass is 9.96. The summed E-state index contributed by atoms with van der Waals surface area (Å²) in [6, 6.07) is 15.3. The van der Waals surface area contributed by atoms with Crippen molar-refractivity contribution < 1.29 is 4.42 Å². The quantitative estimate of drug-likeness (QED) is 0.374. The number of hydrogen-bond donors (Lipinski definition) is 1. The van der Waals surface area contributed by atoms with Crippen molar-refractivity contribution in [2.75, 3.05) is 26.2 Å². The summed E-state index contributed by atoms with van der Waals surface area (Å²) in [5.74, 6) is 0. The van der Waals surface area contributed by atoms with Gasteiger partial charge in [-0.05, 0) is 29.7 Å². The molecule has 0 unspecified atom stereocenters. The second-order valence-electron chi connectivity index (χ2n) is 7.67. The lowest BCUT2D eigenvalue weighted by Crippen LogP contribution is -2.47.